The zero-order valence-electron chi connectivity index (χ0n) is 14.3. The van der Waals surface area contributed by atoms with Crippen LogP contribution in [0, 0.1) is 6.92 Å². The quantitative estimate of drug-likeness (QED) is 0.370. The van der Waals surface area contributed by atoms with E-state index in [1.54, 1.807) is 0 Å². The van der Waals surface area contributed by atoms with Gasteiger partial charge in [-0.05, 0) is 30.0 Å². The van der Waals surface area contributed by atoms with Crippen molar-refractivity contribution in [3.63, 3.8) is 0 Å². The second-order valence-electron chi connectivity index (χ2n) is 6.54. The van der Waals surface area contributed by atoms with Crippen molar-refractivity contribution in [2.24, 2.45) is 7.05 Å². The van der Waals surface area contributed by atoms with Crippen molar-refractivity contribution >= 4 is 32.7 Å². The molecule has 120 valence electrons. The molecule has 0 amide bonds. The van der Waals surface area contributed by atoms with E-state index in [-0.39, 0.29) is 0 Å². The van der Waals surface area contributed by atoms with Crippen LogP contribution in [0.4, 0.5) is 0 Å². The van der Waals surface area contributed by atoms with Crippen molar-refractivity contribution in [3.8, 4) is 11.3 Å². The van der Waals surface area contributed by atoms with E-state index in [9.17, 15) is 0 Å². The normalized spacial score (nSPS) is 11.6. The van der Waals surface area contributed by atoms with Gasteiger partial charge in [-0.15, -0.1) is 0 Å². The van der Waals surface area contributed by atoms with Crippen LogP contribution in [-0.4, -0.2) is 0 Å². The highest BCUT2D eigenvalue weighted by Gasteiger charge is 2.22. The first kappa shape index (κ1) is 14.2. The van der Waals surface area contributed by atoms with Gasteiger partial charge in [0.15, 0.2) is 6.20 Å². The van der Waals surface area contributed by atoms with Crippen LogP contribution in [0.3, 0.4) is 0 Å². The molecule has 2 aromatic heterocycles. The average Bonchev–Trinajstić information content (AvgIpc) is 3.03. The van der Waals surface area contributed by atoms with Crippen LogP contribution in [0.5, 0.6) is 0 Å². The maximum Gasteiger partial charge on any atom is 0.213 e. The molecular weight excluding hydrogens is 306 g/mol. The zero-order valence-corrected chi connectivity index (χ0v) is 14.3. The molecule has 3 aromatic carbocycles. The van der Waals surface area contributed by atoms with Crippen LogP contribution < -0.4 is 4.57 Å². The lowest BCUT2D eigenvalue weighted by molar-refractivity contribution is -0.660. The number of benzene rings is 3. The van der Waals surface area contributed by atoms with Crippen LogP contribution in [-0.2, 0) is 7.05 Å². The van der Waals surface area contributed by atoms with Crippen LogP contribution >= 0.6 is 0 Å². The van der Waals surface area contributed by atoms with Gasteiger partial charge in [-0.3, -0.25) is 0 Å². The lowest BCUT2D eigenvalue weighted by Crippen LogP contribution is -2.30. The molecule has 0 radical (unpaired) electrons. The molecule has 2 heterocycles. The Hall–Kier alpha value is -3.13. The highest BCUT2D eigenvalue weighted by atomic mass is 16.3. The summed E-state index contributed by atoms with van der Waals surface area (Å²) in [4.78, 5) is 0. The summed E-state index contributed by atoms with van der Waals surface area (Å²) in [6.07, 6.45) is 2.10. The summed E-state index contributed by atoms with van der Waals surface area (Å²) in [6, 6.07) is 23.2. The monoisotopic (exact) mass is 324 g/mol. The Balaban J connectivity index is 2.08. The molecule has 0 aliphatic rings. The van der Waals surface area contributed by atoms with Crippen molar-refractivity contribution in [3.05, 3.63) is 78.5 Å². The lowest BCUT2D eigenvalue weighted by atomic mass is 9.92. The summed E-state index contributed by atoms with van der Waals surface area (Å²) >= 11 is 0. The first-order valence-corrected chi connectivity index (χ1v) is 8.53. The number of hydrogen-bond acceptors (Lipinski definition) is 1. The third-order valence-corrected chi connectivity index (χ3v) is 5.10. The van der Waals surface area contributed by atoms with Gasteiger partial charge in [0.1, 0.15) is 18.2 Å². The number of nitrogens with zero attached hydrogens (tertiary/aromatic N) is 1. The fourth-order valence-electron chi connectivity index (χ4n) is 3.95. The molecule has 0 atom stereocenters. The molecule has 0 aliphatic heterocycles. The minimum Gasteiger partial charge on any atom is -0.455 e. The highest BCUT2D eigenvalue weighted by Crippen LogP contribution is 2.41. The minimum absolute atomic E-state index is 0.945. The summed E-state index contributed by atoms with van der Waals surface area (Å²) in [7, 11) is 2.10. The molecule has 25 heavy (non-hydrogen) atoms. The predicted octanol–water partition coefficient (Wildman–Crippen LogP) is 5.54. The first-order valence-electron chi connectivity index (χ1n) is 8.53. The fraction of sp³-hybridized carbons (Fsp3) is 0.0870. The highest BCUT2D eigenvalue weighted by molar-refractivity contribution is 6.20. The molecule has 2 nitrogen and oxygen atoms in total. The van der Waals surface area contributed by atoms with Gasteiger partial charge in [-0.2, -0.15) is 0 Å². The van der Waals surface area contributed by atoms with Crippen LogP contribution in [0.15, 0.2) is 77.3 Å². The van der Waals surface area contributed by atoms with Crippen LogP contribution in [0.2, 0.25) is 0 Å². The van der Waals surface area contributed by atoms with Gasteiger partial charge >= 0.3 is 0 Å². The summed E-state index contributed by atoms with van der Waals surface area (Å²) < 4.78 is 8.44. The Morgan fingerprint density at radius 3 is 2.24 bits per heavy atom. The molecule has 0 aliphatic carbocycles. The Kier molecular flexibility index (Phi) is 2.95. The van der Waals surface area contributed by atoms with Crippen LogP contribution in [0.1, 0.15) is 5.56 Å². The van der Waals surface area contributed by atoms with Gasteiger partial charge in [0.25, 0.3) is 0 Å². The smallest absolute Gasteiger partial charge is 0.213 e. The molecule has 0 fully saturated rings. The van der Waals surface area contributed by atoms with Crippen molar-refractivity contribution in [1.82, 2.24) is 0 Å². The molecule has 5 aromatic rings. The Bertz CT molecular complexity index is 1260. The lowest BCUT2D eigenvalue weighted by Gasteiger charge is -2.10. The molecule has 0 saturated carbocycles. The molecule has 2 heteroatoms. The van der Waals surface area contributed by atoms with E-state index in [1.807, 2.05) is 12.1 Å². The Labute approximate surface area is 145 Å². The predicted molar refractivity (Wildman–Crippen MR) is 103 cm³/mol. The van der Waals surface area contributed by atoms with Crippen molar-refractivity contribution in [2.75, 3.05) is 0 Å². The number of rotatable bonds is 1. The molecule has 0 saturated heterocycles. The standard InChI is InChI=1S/C23H18NO/c1-15-21(19-12-7-8-14-24(19)2)16-9-3-4-10-17(16)23-22(15)18-11-5-6-13-20(18)25-23/h3-14H,1-2H3/q+1. The van der Waals surface area contributed by atoms with Crippen LogP contribution in [0.25, 0.3) is 44.0 Å². The van der Waals surface area contributed by atoms with E-state index >= 15 is 0 Å². The maximum absolute atomic E-state index is 6.26. The van der Waals surface area contributed by atoms with Crippen molar-refractivity contribution < 1.29 is 8.98 Å². The van der Waals surface area contributed by atoms with Crippen molar-refractivity contribution in [2.45, 2.75) is 6.92 Å². The largest absolute Gasteiger partial charge is 0.455 e. The minimum atomic E-state index is 0.945. The summed E-state index contributed by atoms with van der Waals surface area (Å²) in [6.45, 7) is 2.21. The van der Waals surface area contributed by atoms with Gasteiger partial charge in [-0.25, -0.2) is 4.57 Å². The number of aromatic nitrogens is 1. The summed E-state index contributed by atoms with van der Waals surface area (Å²) in [5, 5.41) is 4.79. The molecule has 0 spiro atoms. The van der Waals surface area contributed by atoms with E-state index in [4.69, 9.17) is 4.42 Å². The molecule has 0 bridgehead atoms. The first-order chi connectivity index (χ1) is 12.3. The number of hydrogen-bond donors (Lipinski definition) is 0. The number of furan rings is 1. The molecular formula is C23H18NO+. The molecule has 5 rings (SSSR count). The third-order valence-electron chi connectivity index (χ3n) is 5.10. The average molecular weight is 324 g/mol. The van der Waals surface area contributed by atoms with Gasteiger partial charge < -0.3 is 4.42 Å². The second kappa shape index (κ2) is 5.18. The van der Waals surface area contributed by atoms with Gasteiger partial charge in [0.05, 0.1) is 5.56 Å². The molecule has 0 unspecified atom stereocenters. The van der Waals surface area contributed by atoms with E-state index in [0.29, 0.717) is 0 Å². The molecule has 0 N–H and O–H groups in total. The third kappa shape index (κ3) is 1.94. The number of fused-ring (bicyclic) bond motifs is 5. The van der Waals surface area contributed by atoms with Gasteiger partial charge in [-0.1, -0.05) is 42.5 Å². The summed E-state index contributed by atoms with van der Waals surface area (Å²) in [5.74, 6) is 0. The SMILES string of the molecule is Cc1c(-c2cccc[n+]2C)c2ccccc2c2oc3ccccc3c12. The van der Waals surface area contributed by atoms with E-state index in [1.165, 1.54) is 33.0 Å². The van der Waals surface area contributed by atoms with E-state index < -0.39 is 0 Å². The summed E-state index contributed by atoms with van der Waals surface area (Å²) in [5.41, 5.74) is 5.68. The fourth-order valence-corrected chi connectivity index (χ4v) is 3.95. The van der Waals surface area contributed by atoms with Gasteiger partial charge in [0.2, 0.25) is 5.69 Å². The second-order valence-corrected chi connectivity index (χ2v) is 6.54. The van der Waals surface area contributed by atoms with E-state index in [2.05, 4.69) is 79.3 Å². The number of aryl methyl sites for hydroxylation is 2. The topological polar surface area (TPSA) is 17.0 Å². The Morgan fingerprint density at radius 2 is 1.44 bits per heavy atom. The van der Waals surface area contributed by atoms with E-state index in [0.717, 1.165) is 16.6 Å². The number of pyridine rings is 1. The van der Waals surface area contributed by atoms with Crippen molar-refractivity contribution in [1.29, 1.82) is 0 Å². The van der Waals surface area contributed by atoms with Gasteiger partial charge in [0, 0.05) is 28.3 Å². The zero-order chi connectivity index (χ0) is 17.0. The maximum atomic E-state index is 6.26. The Morgan fingerprint density at radius 1 is 0.760 bits per heavy atom. The number of para-hydroxylation sites is 1.